The van der Waals surface area contributed by atoms with Crippen LogP contribution in [0.15, 0.2) is 11.4 Å². The molecule has 1 aromatic heterocycles. The Balaban J connectivity index is 2.81. The van der Waals surface area contributed by atoms with Crippen LogP contribution in [0.25, 0.3) is 0 Å². The summed E-state index contributed by atoms with van der Waals surface area (Å²) in [4.78, 5) is 4.51. The minimum atomic E-state index is 0.169. The average molecular weight is 240 g/mol. The average Bonchev–Trinajstić information content (AvgIpc) is 2.41. The highest BCUT2D eigenvalue weighted by atomic mass is 32.2. The summed E-state index contributed by atoms with van der Waals surface area (Å²) in [7, 11) is 2.11. The molecule has 0 bridgehead atoms. The van der Waals surface area contributed by atoms with Gasteiger partial charge in [0, 0.05) is 30.1 Å². The van der Waals surface area contributed by atoms with Crippen molar-refractivity contribution in [3.05, 3.63) is 11.9 Å². The maximum atomic E-state index is 4.51. The number of aromatic nitrogens is 2. The molecule has 3 heteroatoms. The van der Waals surface area contributed by atoms with E-state index in [-0.39, 0.29) is 5.41 Å². The van der Waals surface area contributed by atoms with Crippen molar-refractivity contribution >= 4 is 11.8 Å². The molecular formula is C13H24N2S. The molecule has 92 valence electrons. The van der Waals surface area contributed by atoms with E-state index in [0.29, 0.717) is 5.41 Å². The van der Waals surface area contributed by atoms with Gasteiger partial charge < -0.3 is 4.57 Å². The summed E-state index contributed by atoms with van der Waals surface area (Å²) in [6.07, 6.45) is 2.00. The fourth-order valence-electron chi connectivity index (χ4n) is 1.50. The fourth-order valence-corrected chi connectivity index (χ4v) is 2.49. The van der Waals surface area contributed by atoms with E-state index < -0.39 is 0 Å². The highest BCUT2D eigenvalue weighted by molar-refractivity contribution is 7.99. The molecule has 0 atom stereocenters. The van der Waals surface area contributed by atoms with Crippen LogP contribution >= 0.6 is 11.8 Å². The summed E-state index contributed by atoms with van der Waals surface area (Å²) < 4.78 is 2.22. The smallest absolute Gasteiger partial charge is 0.167 e. The van der Waals surface area contributed by atoms with Gasteiger partial charge in [0.15, 0.2) is 5.16 Å². The van der Waals surface area contributed by atoms with Gasteiger partial charge in [-0.25, -0.2) is 4.98 Å². The molecule has 0 saturated carbocycles. The zero-order valence-electron chi connectivity index (χ0n) is 11.6. The van der Waals surface area contributed by atoms with Gasteiger partial charge in [-0.1, -0.05) is 53.3 Å². The molecule has 0 N–H and O–H groups in total. The molecule has 0 radical (unpaired) electrons. The van der Waals surface area contributed by atoms with Crippen LogP contribution in [0.2, 0.25) is 0 Å². The van der Waals surface area contributed by atoms with Crippen LogP contribution < -0.4 is 0 Å². The van der Waals surface area contributed by atoms with Gasteiger partial charge in [0.2, 0.25) is 0 Å². The molecule has 0 aliphatic heterocycles. The van der Waals surface area contributed by atoms with E-state index in [4.69, 9.17) is 0 Å². The van der Waals surface area contributed by atoms with Crippen LogP contribution in [-0.4, -0.2) is 15.3 Å². The lowest BCUT2D eigenvalue weighted by Gasteiger charge is -2.20. The van der Waals surface area contributed by atoms with Crippen LogP contribution in [0.3, 0.4) is 0 Å². The minimum absolute atomic E-state index is 0.169. The number of nitrogens with zero attached hydrogens (tertiary/aromatic N) is 2. The van der Waals surface area contributed by atoms with Crippen molar-refractivity contribution in [3.8, 4) is 0 Å². The Hall–Kier alpha value is -0.440. The molecule has 1 aromatic rings. The van der Waals surface area contributed by atoms with Crippen molar-refractivity contribution in [2.45, 2.75) is 52.1 Å². The first-order valence-corrected chi connectivity index (χ1v) is 6.75. The summed E-state index contributed by atoms with van der Waals surface area (Å²) >= 11 is 1.84. The van der Waals surface area contributed by atoms with Crippen LogP contribution in [-0.2, 0) is 12.5 Å². The topological polar surface area (TPSA) is 17.8 Å². The largest absolute Gasteiger partial charge is 0.326 e. The molecule has 0 saturated heterocycles. The Morgan fingerprint density at radius 2 is 1.75 bits per heavy atom. The van der Waals surface area contributed by atoms with Crippen molar-refractivity contribution in [3.63, 3.8) is 0 Å². The summed E-state index contributed by atoms with van der Waals surface area (Å²) in [5, 5.41) is 1.12. The number of hydrogen-bond donors (Lipinski definition) is 0. The summed E-state index contributed by atoms with van der Waals surface area (Å²) in [6, 6.07) is 0. The minimum Gasteiger partial charge on any atom is -0.326 e. The summed E-state index contributed by atoms with van der Waals surface area (Å²) in [6.45, 7) is 13.4. The van der Waals surface area contributed by atoms with Crippen molar-refractivity contribution in [2.24, 2.45) is 12.5 Å². The Morgan fingerprint density at radius 3 is 2.12 bits per heavy atom. The fraction of sp³-hybridized carbons (Fsp3) is 0.769. The molecule has 1 rings (SSSR count). The second-order valence-electron chi connectivity index (χ2n) is 6.58. The molecule has 1 heterocycles. The standard InChI is InChI=1S/C13H24N2S/c1-12(2,3)9-16-11-14-8-10(15(11)7)13(4,5)6/h8H,9H2,1-7H3. The van der Waals surface area contributed by atoms with E-state index in [0.717, 1.165) is 10.9 Å². The Bertz CT molecular complexity index is 353. The van der Waals surface area contributed by atoms with Crippen LogP contribution in [0.1, 0.15) is 47.2 Å². The highest BCUT2D eigenvalue weighted by Gasteiger charge is 2.20. The second kappa shape index (κ2) is 4.44. The zero-order chi connectivity index (χ0) is 12.6. The van der Waals surface area contributed by atoms with Gasteiger partial charge in [-0.05, 0) is 5.41 Å². The first-order chi connectivity index (χ1) is 7.11. The van der Waals surface area contributed by atoms with Crippen LogP contribution in [0.5, 0.6) is 0 Å². The predicted molar refractivity (Wildman–Crippen MR) is 72.1 cm³/mol. The molecular weight excluding hydrogens is 216 g/mol. The SMILES string of the molecule is Cn1c(C(C)(C)C)cnc1SCC(C)(C)C. The van der Waals surface area contributed by atoms with Gasteiger partial charge in [0.1, 0.15) is 0 Å². The zero-order valence-corrected chi connectivity index (χ0v) is 12.4. The summed E-state index contributed by atoms with van der Waals surface area (Å²) in [5.74, 6) is 1.10. The van der Waals surface area contributed by atoms with Gasteiger partial charge in [-0.2, -0.15) is 0 Å². The van der Waals surface area contributed by atoms with Crippen LogP contribution in [0.4, 0.5) is 0 Å². The van der Waals surface area contributed by atoms with E-state index >= 15 is 0 Å². The third-order valence-corrected chi connectivity index (χ3v) is 4.00. The molecule has 0 aliphatic carbocycles. The van der Waals surface area contributed by atoms with Crippen molar-refractivity contribution in [1.82, 2.24) is 9.55 Å². The first-order valence-electron chi connectivity index (χ1n) is 5.76. The maximum absolute atomic E-state index is 4.51. The molecule has 0 spiro atoms. The van der Waals surface area contributed by atoms with Crippen LogP contribution in [0, 0.1) is 5.41 Å². The number of rotatable bonds is 2. The predicted octanol–water partition coefficient (Wildman–Crippen LogP) is 3.86. The third kappa shape index (κ3) is 3.55. The van der Waals surface area contributed by atoms with E-state index in [1.165, 1.54) is 5.69 Å². The second-order valence-corrected chi connectivity index (χ2v) is 7.53. The first kappa shape index (κ1) is 13.6. The quantitative estimate of drug-likeness (QED) is 0.731. The Labute approximate surface area is 104 Å². The number of hydrogen-bond acceptors (Lipinski definition) is 2. The van der Waals surface area contributed by atoms with Gasteiger partial charge in [-0.15, -0.1) is 0 Å². The van der Waals surface area contributed by atoms with Gasteiger partial charge >= 0.3 is 0 Å². The molecule has 0 fully saturated rings. The van der Waals surface area contributed by atoms with Gasteiger partial charge in [0.05, 0.1) is 0 Å². The van der Waals surface area contributed by atoms with Gasteiger partial charge in [-0.3, -0.25) is 0 Å². The van der Waals surface area contributed by atoms with E-state index in [1.807, 2.05) is 18.0 Å². The van der Waals surface area contributed by atoms with Crippen molar-refractivity contribution in [1.29, 1.82) is 0 Å². The maximum Gasteiger partial charge on any atom is 0.167 e. The Kier molecular flexibility index (Phi) is 3.78. The lowest BCUT2D eigenvalue weighted by atomic mass is 9.93. The van der Waals surface area contributed by atoms with E-state index in [1.54, 1.807) is 0 Å². The monoisotopic (exact) mass is 240 g/mol. The van der Waals surface area contributed by atoms with Crippen molar-refractivity contribution in [2.75, 3.05) is 5.75 Å². The third-order valence-electron chi connectivity index (χ3n) is 2.35. The normalized spacial score (nSPS) is 13.2. The van der Waals surface area contributed by atoms with E-state index in [2.05, 4.69) is 58.1 Å². The lowest BCUT2D eigenvalue weighted by molar-refractivity contribution is 0.479. The van der Waals surface area contributed by atoms with Gasteiger partial charge in [0.25, 0.3) is 0 Å². The molecule has 16 heavy (non-hydrogen) atoms. The molecule has 0 aliphatic rings. The molecule has 0 unspecified atom stereocenters. The lowest BCUT2D eigenvalue weighted by Crippen LogP contribution is -2.16. The summed E-state index contributed by atoms with van der Waals surface area (Å²) in [5.41, 5.74) is 1.81. The van der Waals surface area contributed by atoms with E-state index in [9.17, 15) is 0 Å². The number of thioether (sulfide) groups is 1. The Morgan fingerprint density at radius 1 is 1.19 bits per heavy atom. The molecule has 0 aromatic carbocycles. The molecule has 2 nitrogen and oxygen atoms in total. The number of imidazole rings is 1. The highest BCUT2D eigenvalue weighted by Crippen LogP contribution is 2.29. The molecule has 0 amide bonds. The van der Waals surface area contributed by atoms with Crippen molar-refractivity contribution < 1.29 is 0 Å².